The first kappa shape index (κ1) is 20.0. The van der Waals surface area contributed by atoms with Crippen molar-refractivity contribution >= 4 is 44.5 Å². The van der Waals surface area contributed by atoms with Crippen molar-refractivity contribution in [2.45, 2.75) is 58.3 Å². The molecule has 22 heavy (non-hydrogen) atoms. The van der Waals surface area contributed by atoms with E-state index in [-0.39, 0.29) is 5.75 Å². The van der Waals surface area contributed by atoms with Gasteiger partial charge < -0.3 is 0 Å². The van der Waals surface area contributed by atoms with Gasteiger partial charge in [0.25, 0.3) is 0 Å². The third-order valence-corrected chi connectivity index (χ3v) is 7.05. The fourth-order valence-corrected chi connectivity index (χ4v) is 5.66. The molecule has 0 aromatic rings. The molecule has 1 fully saturated rings. The van der Waals surface area contributed by atoms with Gasteiger partial charge in [0, 0.05) is 24.3 Å². The average Bonchev–Trinajstić information content (AvgIpc) is 2.47. The van der Waals surface area contributed by atoms with E-state index in [1.165, 1.54) is 11.8 Å². The lowest BCUT2D eigenvalue weighted by molar-refractivity contribution is -0.263. The number of unbranched alkanes of at least 4 members (excludes halogenated alkanes) is 4. The fourth-order valence-electron chi connectivity index (χ4n) is 2.12. The van der Waals surface area contributed by atoms with Crippen LogP contribution in [0.2, 0.25) is 0 Å². The Labute approximate surface area is 143 Å². The van der Waals surface area contributed by atoms with E-state index in [0.29, 0.717) is 35.9 Å². The normalized spacial score (nSPS) is 17.8. The highest BCUT2D eigenvalue weighted by Crippen LogP contribution is 2.19. The minimum atomic E-state index is -3.46. The summed E-state index contributed by atoms with van der Waals surface area (Å²) >= 11 is 3.20. The van der Waals surface area contributed by atoms with Gasteiger partial charge in [-0.25, -0.2) is 0 Å². The van der Waals surface area contributed by atoms with Crippen LogP contribution in [-0.2, 0) is 18.8 Å². The molecule has 0 radical (unpaired) electrons. The lowest BCUT2D eigenvalue weighted by Gasteiger charge is -2.02. The Kier molecular flexibility index (Phi) is 10.5. The Morgan fingerprint density at radius 3 is 2.45 bits per heavy atom. The third kappa shape index (κ3) is 9.90. The Bertz CT molecular complexity index is 449. The number of rotatable bonds is 11. The summed E-state index contributed by atoms with van der Waals surface area (Å²) in [5, 5.41) is 0.613. The van der Waals surface area contributed by atoms with Crippen molar-refractivity contribution in [2.75, 3.05) is 23.0 Å². The van der Waals surface area contributed by atoms with E-state index in [4.69, 9.17) is 3.87 Å². The topological polar surface area (TPSA) is 62.5 Å². The van der Waals surface area contributed by atoms with Crippen molar-refractivity contribution < 1.29 is 17.1 Å². The summed E-state index contributed by atoms with van der Waals surface area (Å²) in [6.45, 7) is 2.12. The van der Waals surface area contributed by atoms with Crippen molar-refractivity contribution in [1.29, 1.82) is 0 Å². The van der Waals surface area contributed by atoms with Gasteiger partial charge in [-0.05, 0) is 31.0 Å². The number of carbonyl (C=O) groups excluding carboxylic acids is 2. The van der Waals surface area contributed by atoms with Gasteiger partial charge in [0.2, 0.25) is 0 Å². The second kappa shape index (κ2) is 11.5. The molecule has 128 valence electrons. The highest BCUT2D eigenvalue weighted by atomic mass is 32.2. The van der Waals surface area contributed by atoms with Crippen LogP contribution in [-0.4, -0.2) is 42.3 Å². The molecule has 1 heterocycles. The smallest absolute Gasteiger partial charge is 0.300 e. The van der Waals surface area contributed by atoms with Crippen LogP contribution in [0.1, 0.15) is 58.3 Å². The number of hydrogen-bond acceptors (Lipinski definition) is 5. The molecule has 1 saturated heterocycles. The standard InChI is InChI=1S/C15H27O4S3/c1-2-3-5-8-14(16)9-6-4-7-12-22(17,18)19-15-13-20-10-11-21-15/h2-13H2,1H3/q+1. The molecule has 0 aromatic heterocycles. The molecule has 1 aliphatic heterocycles. The van der Waals surface area contributed by atoms with Gasteiger partial charge >= 0.3 is 15.2 Å². The summed E-state index contributed by atoms with van der Waals surface area (Å²) in [6.07, 6.45) is 6.57. The van der Waals surface area contributed by atoms with Crippen LogP contribution in [0.4, 0.5) is 0 Å². The molecule has 0 aliphatic carbocycles. The van der Waals surface area contributed by atoms with Crippen molar-refractivity contribution in [3.8, 4) is 0 Å². The van der Waals surface area contributed by atoms with Crippen molar-refractivity contribution in [3.63, 3.8) is 0 Å². The Balaban J connectivity index is 2.14. The number of ketones is 1. The van der Waals surface area contributed by atoms with Gasteiger partial charge in [0.15, 0.2) is 0 Å². The van der Waals surface area contributed by atoms with Crippen LogP contribution in [0.25, 0.3) is 0 Å². The van der Waals surface area contributed by atoms with Gasteiger partial charge in [-0.1, -0.05) is 26.2 Å². The first-order valence-corrected chi connectivity index (χ1v) is 11.8. The largest absolute Gasteiger partial charge is 0.496 e. The maximum absolute atomic E-state index is 11.8. The minimum absolute atomic E-state index is 0.0474. The lowest BCUT2D eigenvalue weighted by Crippen LogP contribution is -2.15. The van der Waals surface area contributed by atoms with E-state index in [9.17, 15) is 13.2 Å². The number of carbonyl (C=O) groups is 1. The van der Waals surface area contributed by atoms with Crippen LogP contribution < -0.4 is 0 Å². The van der Waals surface area contributed by atoms with E-state index in [1.54, 1.807) is 11.8 Å². The van der Waals surface area contributed by atoms with E-state index in [0.717, 1.165) is 43.6 Å². The first-order chi connectivity index (χ1) is 10.5. The SMILES string of the molecule is CCCCCC(=O)CCCCCS(=O)(=O)[O+]=C1CSCCS1. The minimum Gasteiger partial charge on any atom is -0.300 e. The second-order valence-electron chi connectivity index (χ2n) is 5.42. The van der Waals surface area contributed by atoms with E-state index in [1.807, 2.05) is 0 Å². The van der Waals surface area contributed by atoms with Gasteiger partial charge in [-0.15, -0.1) is 24.1 Å². The lowest BCUT2D eigenvalue weighted by atomic mass is 10.1. The number of hydrogen-bond donors (Lipinski definition) is 0. The predicted molar refractivity (Wildman–Crippen MR) is 96.2 cm³/mol. The van der Waals surface area contributed by atoms with E-state index >= 15 is 0 Å². The molecule has 1 rings (SSSR count). The second-order valence-corrected chi connectivity index (χ2v) is 9.37. The molecule has 0 atom stereocenters. The highest BCUT2D eigenvalue weighted by Gasteiger charge is 2.27. The van der Waals surface area contributed by atoms with Crippen LogP contribution >= 0.6 is 23.5 Å². The van der Waals surface area contributed by atoms with Crippen molar-refractivity contribution in [1.82, 2.24) is 0 Å². The zero-order chi connectivity index (χ0) is 16.3. The summed E-state index contributed by atoms with van der Waals surface area (Å²) < 4.78 is 28.8. The first-order valence-electron chi connectivity index (χ1n) is 8.03. The van der Waals surface area contributed by atoms with E-state index in [2.05, 4.69) is 6.92 Å². The molecule has 0 bridgehead atoms. The van der Waals surface area contributed by atoms with Gasteiger partial charge in [-0.3, -0.25) is 4.79 Å². The summed E-state index contributed by atoms with van der Waals surface area (Å²) in [5.74, 6) is 2.97. The fraction of sp³-hybridized carbons (Fsp3) is 0.867. The molecule has 0 aromatic carbocycles. The Morgan fingerprint density at radius 1 is 1.09 bits per heavy atom. The molecule has 0 spiro atoms. The zero-order valence-corrected chi connectivity index (χ0v) is 15.8. The van der Waals surface area contributed by atoms with Crippen molar-refractivity contribution in [2.24, 2.45) is 0 Å². The Morgan fingerprint density at radius 2 is 1.82 bits per heavy atom. The maximum Gasteiger partial charge on any atom is 0.496 e. The van der Waals surface area contributed by atoms with Gasteiger partial charge in [0.05, 0.1) is 0 Å². The summed E-state index contributed by atoms with van der Waals surface area (Å²) in [7, 11) is -3.46. The van der Waals surface area contributed by atoms with Crippen LogP contribution in [0.15, 0.2) is 0 Å². The quantitative estimate of drug-likeness (QED) is 0.413. The molecule has 1 aliphatic rings. The molecular weight excluding hydrogens is 340 g/mol. The molecule has 7 heteroatoms. The number of thioether (sulfide) groups is 2. The van der Waals surface area contributed by atoms with E-state index < -0.39 is 10.1 Å². The third-order valence-electron chi connectivity index (χ3n) is 3.34. The molecule has 0 saturated carbocycles. The average molecular weight is 368 g/mol. The number of Topliss-reactive ketones (excluding diaryl/α,β-unsaturated/α-hetero) is 1. The summed E-state index contributed by atoms with van der Waals surface area (Å²) in [5.41, 5.74) is 0. The summed E-state index contributed by atoms with van der Waals surface area (Å²) in [6, 6.07) is 0. The summed E-state index contributed by atoms with van der Waals surface area (Å²) in [4.78, 5) is 11.6. The molecule has 4 nitrogen and oxygen atoms in total. The monoisotopic (exact) mass is 367 g/mol. The Hall–Kier alpha value is -0.0100. The molecule has 0 amide bonds. The molecule has 0 unspecified atom stereocenters. The highest BCUT2D eigenvalue weighted by molar-refractivity contribution is 8.18. The van der Waals surface area contributed by atoms with Crippen LogP contribution in [0.5, 0.6) is 0 Å². The van der Waals surface area contributed by atoms with Gasteiger partial charge in [-0.2, -0.15) is 0 Å². The molecule has 0 N–H and O–H groups in total. The zero-order valence-electron chi connectivity index (χ0n) is 13.3. The molecular formula is C15H27O4S3+. The van der Waals surface area contributed by atoms with Crippen LogP contribution in [0, 0.1) is 0 Å². The van der Waals surface area contributed by atoms with Crippen molar-refractivity contribution in [3.05, 3.63) is 0 Å². The maximum atomic E-state index is 11.8. The predicted octanol–water partition coefficient (Wildman–Crippen LogP) is 3.57. The van der Waals surface area contributed by atoms with Crippen LogP contribution in [0.3, 0.4) is 0 Å². The van der Waals surface area contributed by atoms with Gasteiger partial charge in [0.1, 0.15) is 17.3 Å².